The van der Waals surface area contributed by atoms with Gasteiger partial charge in [0.1, 0.15) is 12.4 Å². The first kappa shape index (κ1) is 22.0. The second-order valence-electron chi connectivity index (χ2n) is 6.38. The minimum atomic E-state index is -0.507. The third-order valence-electron chi connectivity index (χ3n) is 4.18. The van der Waals surface area contributed by atoms with Gasteiger partial charge in [0.05, 0.1) is 7.11 Å². The molecule has 8 heteroatoms. The summed E-state index contributed by atoms with van der Waals surface area (Å²) in [5.74, 6) is 0.690. The summed E-state index contributed by atoms with van der Waals surface area (Å²) in [6.45, 7) is 0.0716. The van der Waals surface area contributed by atoms with Crippen molar-refractivity contribution in [3.63, 3.8) is 0 Å². The molecule has 0 bridgehead atoms. The van der Waals surface area contributed by atoms with Crippen molar-refractivity contribution in [2.24, 2.45) is 0 Å². The van der Waals surface area contributed by atoms with E-state index in [-0.39, 0.29) is 6.61 Å². The van der Waals surface area contributed by atoms with Crippen molar-refractivity contribution in [3.05, 3.63) is 88.9 Å². The lowest BCUT2D eigenvalue weighted by Gasteiger charge is -2.11. The number of para-hydroxylation sites is 2. The summed E-state index contributed by atoms with van der Waals surface area (Å²) in [5.41, 5.74) is 5.95. The number of benzene rings is 3. The molecule has 2 N–H and O–H groups in total. The van der Waals surface area contributed by atoms with Crippen molar-refractivity contribution >= 4 is 23.4 Å². The lowest BCUT2D eigenvalue weighted by molar-refractivity contribution is -0.123. The first-order chi connectivity index (χ1) is 15.0. The topological polar surface area (TPSA) is 85.9 Å². The molecule has 0 aliphatic rings. The maximum absolute atomic E-state index is 12.2. The van der Waals surface area contributed by atoms with Crippen molar-refractivity contribution in [1.82, 2.24) is 10.9 Å². The average Bonchev–Trinajstić information content (AvgIpc) is 2.81. The van der Waals surface area contributed by atoms with Gasteiger partial charge in [-0.1, -0.05) is 35.9 Å². The molecule has 3 aromatic carbocycles. The van der Waals surface area contributed by atoms with Gasteiger partial charge in [0.15, 0.2) is 18.1 Å². The first-order valence-electron chi connectivity index (χ1n) is 9.37. The molecule has 0 aliphatic heterocycles. The molecule has 0 saturated carbocycles. The van der Waals surface area contributed by atoms with Crippen LogP contribution in [-0.2, 0) is 11.4 Å². The standard InChI is InChI=1S/C23H21ClN2O5/c1-29-20-4-2-3-5-21(20)31-15-22(27)25-26-23(28)17-8-6-16(7-9-17)14-30-19-12-10-18(24)11-13-19/h2-13H,14-15H2,1H3,(H,25,27)(H,26,28). The van der Waals surface area contributed by atoms with Gasteiger partial charge in [-0.05, 0) is 54.1 Å². The lowest BCUT2D eigenvalue weighted by Crippen LogP contribution is -2.43. The molecule has 3 rings (SSSR count). The Balaban J connectivity index is 1.43. The Morgan fingerprint density at radius 2 is 1.52 bits per heavy atom. The van der Waals surface area contributed by atoms with E-state index in [1.54, 1.807) is 72.8 Å². The fourth-order valence-corrected chi connectivity index (χ4v) is 2.69. The highest BCUT2D eigenvalue weighted by atomic mass is 35.5. The van der Waals surface area contributed by atoms with Crippen LogP contribution in [0.2, 0.25) is 5.02 Å². The number of methoxy groups -OCH3 is 1. The van der Waals surface area contributed by atoms with E-state index in [0.29, 0.717) is 34.4 Å². The monoisotopic (exact) mass is 440 g/mol. The molecule has 0 aromatic heterocycles. The second-order valence-corrected chi connectivity index (χ2v) is 6.82. The predicted octanol–water partition coefficient (Wildman–Crippen LogP) is 3.77. The maximum Gasteiger partial charge on any atom is 0.276 e. The third kappa shape index (κ3) is 6.65. The van der Waals surface area contributed by atoms with E-state index in [1.807, 2.05) is 0 Å². The van der Waals surface area contributed by atoms with Crippen LogP contribution >= 0.6 is 11.6 Å². The highest BCUT2D eigenvalue weighted by Gasteiger charge is 2.10. The highest BCUT2D eigenvalue weighted by Crippen LogP contribution is 2.25. The Bertz CT molecular complexity index is 1020. The van der Waals surface area contributed by atoms with Gasteiger partial charge >= 0.3 is 0 Å². The Labute approximate surface area is 184 Å². The van der Waals surface area contributed by atoms with Crippen LogP contribution in [-0.4, -0.2) is 25.5 Å². The molecule has 160 valence electrons. The normalized spacial score (nSPS) is 10.1. The second kappa shape index (κ2) is 10.9. The molecule has 0 unspecified atom stereocenters. The maximum atomic E-state index is 12.2. The molecule has 0 atom stereocenters. The molecule has 0 radical (unpaired) electrons. The van der Waals surface area contributed by atoms with Gasteiger partial charge in [0, 0.05) is 10.6 Å². The van der Waals surface area contributed by atoms with Gasteiger partial charge in [0.2, 0.25) is 0 Å². The van der Waals surface area contributed by atoms with Gasteiger partial charge in [-0.15, -0.1) is 0 Å². The summed E-state index contributed by atoms with van der Waals surface area (Å²) in [5, 5.41) is 0.640. The number of rotatable bonds is 8. The van der Waals surface area contributed by atoms with Crippen molar-refractivity contribution < 1.29 is 23.8 Å². The number of halogens is 1. The van der Waals surface area contributed by atoms with Gasteiger partial charge < -0.3 is 14.2 Å². The van der Waals surface area contributed by atoms with E-state index >= 15 is 0 Å². The number of carbonyl (C=O) groups excluding carboxylic acids is 2. The number of nitrogens with one attached hydrogen (secondary N) is 2. The molecule has 0 heterocycles. The van der Waals surface area contributed by atoms with Crippen LogP contribution in [0.25, 0.3) is 0 Å². The Kier molecular flexibility index (Phi) is 7.73. The molecule has 0 aliphatic carbocycles. The summed E-state index contributed by atoms with van der Waals surface area (Å²) in [4.78, 5) is 24.1. The van der Waals surface area contributed by atoms with E-state index in [4.69, 9.17) is 25.8 Å². The van der Waals surface area contributed by atoms with E-state index < -0.39 is 11.8 Å². The minimum absolute atomic E-state index is 0.276. The Hall–Kier alpha value is -3.71. The van der Waals surface area contributed by atoms with Crippen LogP contribution in [0, 0.1) is 0 Å². The molecular formula is C23H21ClN2O5. The molecule has 0 saturated heterocycles. The molecular weight excluding hydrogens is 420 g/mol. The SMILES string of the molecule is COc1ccccc1OCC(=O)NNC(=O)c1ccc(COc2ccc(Cl)cc2)cc1. The van der Waals surface area contributed by atoms with E-state index in [0.717, 1.165) is 5.56 Å². The van der Waals surface area contributed by atoms with Crippen LogP contribution in [0.3, 0.4) is 0 Å². The van der Waals surface area contributed by atoms with Gasteiger partial charge in [0.25, 0.3) is 11.8 Å². The first-order valence-corrected chi connectivity index (χ1v) is 9.75. The zero-order chi connectivity index (χ0) is 22.1. The molecule has 0 fully saturated rings. The Morgan fingerprint density at radius 1 is 0.839 bits per heavy atom. The lowest BCUT2D eigenvalue weighted by atomic mass is 10.1. The third-order valence-corrected chi connectivity index (χ3v) is 4.43. The number of hydrazine groups is 1. The van der Waals surface area contributed by atoms with E-state index in [1.165, 1.54) is 7.11 Å². The number of amides is 2. The van der Waals surface area contributed by atoms with Crippen molar-refractivity contribution in [2.45, 2.75) is 6.61 Å². The van der Waals surface area contributed by atoms with Crippen molar-refractivity contribution in [1.29, 1.82) is 0 Å². The quantitative estimate of drug-likeness (QED) is 0.521. The molecule has 0 spiro atoms. The van der Waals surface area contributed by atoms with Crippen molar-refractivity contribution in [2.75, 3.05) is 13.7 Å². The fraction of sp³-hybridized carbons (Fsp3) is 0.130. The molecule has 7 nitrogen and oxygen atoms in total. The summed E-state index contributed by atoms with van der Waals surface area (Å²) in [7, 11) is 1.51. The number of ether oxygens (including phenoxy) is 3. The van der Waals surface area contributed by atoms with Crippen molar-refractivity contribution in [3.8, 4) is 17.2 Å². The van der Waals surface area contributed by atoms with Crippen LogP contribution in [0.15, 0.2) is 72.8 Å². The van der Waals surface area contributed by atoms with E-state index in [9.17, 15) is 9.59 Å². The number of carbonyl (C=O) groups is 2. The fourth-order valence-electron chi connectivity index (χ4n) is 2.57. The summed E-state index contributed by atoms with van der Waals surface area (Å²) in [6, 6.07) is 20.9. The van der Waals surface area contributed by atoms with Crippen LogP contribution in [0.1, 0.15) is 15.9 Å². The largest absolute Gasteiger partial charge is 0.493 e. The summed E-state index contributed by atoms with van der Waals surface area (Å²) < 4.78 is 16.2. The van der Waals surface area contributed by atoms with E-state index in [2.05, 4.69) is 10.9 Å². The molecule has 31 heavy (non-hydrogen) atoms. The predicted molar refractivity (Wildman–Crippen MR) is 116 cm³/mol. The van der Waals surface area contributed by atoms with Gasteiger partial charge in [-0.25, -0.2) is 0 Å². The van der Waals surface area contributed by atoms with Crippen LogP contribution < -0.4 is 25.1 Å². The molecule has 2 amide bonds. The van der Waals surface area contributed by atoms with Crippen LogP contribution in [0.4, 0.5) is 0 Å². The Morgan fingerprint density at radius 3 is 2.19 bits per heavy atom. The van der Waals surface area contributed by atoms with Crippen LogP contribution in [0.5, 0.6) is 17.2 Å². The van der Waals surface area contributed by atoms with Gasteiger partial charge in [-0.3, -0.25) is 20.4 Å². The zero-order valence-corrected chi connectivity index (χ0v) is 17.5. The van der Waals surface area contributed by atoms with Gasteiger partial charge in [-0.2, -0.15) is 0 Å². The number of hydrogen-bond acceptors (Lipinski definition) is 5. The average molecular weight is 441 g/mol. The summed E-state index contributed by atoms with van der Waals surface area (Å²) >= 11 is 5.85. The smallest absolute Gasteiger partial charge is 0.276 e. The number of hydrogen-bond donors (Lipinski definition) is 2. The summed E-state index contributed by atoms with van der Waals surface area (Å²) in [6.07, 6.45) is 0. The highest BCUT2D eigenvalue weighted by molar-refractivity contribution is 6.30. The zero-order valence-electron chi connectivity index (χ0n) is 16.8. The minimum Gasteiger partial charge on any atom is -0.493 e. The molecule has 3 aromatic rings.